The first-order valence-corrected chi connectivity index (χ1v) is 8.93. The third kappa shape index (κ3) is 3.30. The Kier molecular flexibility index (Phi) is 5.27. The molecule has 6 nitrogen and oxygen atoms in total. The zero-order valence-electron chi connectivity index (χ0n) is 15.1. The molecule has 26 heavy (non-hydrogen) atoms. The number of fused-ring (bicyclic) bond motifs is 1. The second kappa shape index (κ2) is 7.61. The zero-order valence-corrected chi connectivity index (χ0v) is 15.9. The minimum absolute atomic E-state index is 0.310. The summed E-state index contributed by atoms with van der Waals surface area (Å²) >= 11 is 1.43. The van der Waals surface area contributed by atoms with Crippen LogP contribution in [-0.2, 0) is 7.05 Å². The van der Waals surface area contributed by atoms with Gasteiger partial charge in [0.25, 0.3) is 5.91 Å². The van der Waals surface area contributed by atoms with Gasteiger partial charge in [0.1, 0.15) is 22.8 Å². The average molecular weight is 372 g/mol. The first-order valence-electron chi connectivity index (χ1n) is 8.11. The summed E-state index contributed by atoms with van der Waals surface area (Å²) < 4.78 is 19.0. The maximum atomic E-state index is 12.8. The quantitative estimate of drug-likeness (QED) is 0.689. The molecule has 0 radical (unpaired) electrons. The van der Waals surface area contributed by atoms with E-state index in [1.807, 2.05) is 36.7 Å². The summed E-state index contributed by atoms with van der Waals surface area (Å²) in [5.74, 6) is 1.25. The SMILES string of the molecule is CCOc1ccc2c(c1)sc(=NC(=O)c1c(OC)cccc1OC)n2C. The molecule has 0 bridgehead atoms. The van der Waals surface area contributed by atoms with Gasteiger partial charge in [-0.05, 0) is 37.3 Å². The van der Waals surface area contributed by atoms with Crippen molar-refractivity contribution in [1.82, 2.24) is 4.57 Å². The van der Waals surface area contributed by atoms with Gasteiger partial charge in [0, 0.05) is 7.05 Å². The van der Waals surface area contributed by atoms with Crippen LogP contribution in [0.25, 0.3) is 10.2 Å². The van der Waals surface area contributed by atoms with Crippen molar-refractivity contribution < 1.29 is 19.0 Å². The molecule has 0 aliphatic carbocycles. The Morgan fingerprint density at radius 1 is 1.15 bits per heavy atom. The molecule has 0 atom stereocenters. The number of thiazole rings is 1. The van der Waals surface area contributed by atoms with E-state index in [4.69, 9.17) is 14.2 Å². The zero-order chi connectivity index (χ0) is 18.7. The lowest BCUT2D eigenvalue weighted by atomic mass is 10.1. The van der Waals surface area contributed by atoms with Crippen molar-refractivity contribution in [2.45, 2.75) is 6.92 Å². The molecule has 2 aromatic carbocycles. The van der Waals surface area contributed by atoms with E-state index in [9.17, 15) is 4.79 Å². The Morgan fingerprint density at radius 3 is 2.46 bits per heavy atom. The van der Waals surface area contributed by atoms with Gasteiger partial charge in [-0.25, -0.2) is 0 Å². The lowest BCUT2D eigenvalue weighted by Crippen LogP contribution is -2.14. The maximum Gasteiger partial charge on any atom is 0.287 e. The molecule has 136 valence electrons. The highest BCUT2D eigenvalue weighted by Crippen LogP contribution is 2.29. The number of methoxy groups -OCH3 is 2. The number of ether oxygens (including phenoxy) is 3. The average Bonchev–Trinajstić information content (AvgIpc) is 2.96. The van der Waals surface area contributed by atoms with E-state index in [1.54, 1.807) is 18.2 Å². The summed E-state index contributed by atoms with van der Waals surface area (Å²) in [5.41, 5.74) is 1.29. The van der Waals surface area contributed by atoms with Gasteiger partial charge in [-0.15, -0.1) is 0 Å². The molecule has 1 amide bonds. The van der Waals surface area contributed by atoms with Crippen molar-refractivity contribution in [3.8, 4) is 17.2 Å². The second-order valence-electron chi connectivity index (χ2n) is 5.46. The van der Waals surface area contributed by atoms with Gasteiger partial charge in [0.2, 0.25) is 0 Å². The summed E-state index contributed by atoms with van der Waals surface area (Å²) in [7, 11) is 4.91. The van der Waals surface area contributed by atoms with E-state index in [2.05, 4.69) is 4.99 Å². The smallest absolute Gasteiger partial charge is 0.287 e. The van der Waals surface area contributed by atoms with Crippen molar-refractivity contribution in [2.24, 2.45) is 12.0 Å². The highest BCUT2D eigenvalue weighted by atomic mass is 32.1. The normalized spacial score (nSPS) is 11.6. The molecular formula is C19H20N2O4S. The van der Waals surface area contributed by atoms with Crippen LogP contribution in [-0.4, -0.2) is 31.3 Å². The number of hydrogen-bond acceptors (Lipinski definition) is 5. The monoisotopic (exact) mass is 372 g/mol. The lowest BCUT2D eigenvalue weighted by Gasteiger charge is -2.09. The predicted octanol–water partition coefficient (Wildman–Crippen LogP) is 3.40. The lowest BCUT2D eigenvalue weighted by molar-refractivity contribution is 0.0992. The maximum absolute atomic E-state index is 12.8. The molecule has 3 aromatic rings. The van der Waals surface area contributed by atoms with Gasteiger partial charge in [-0.2, -0.15) is 4.99 Å². The summed E-state index contributed by atoms with van der Waals surface area (Å²) in [6.07, 6.45) is 0. The topological polar surface area (TPSA) is 62.1 Å². The van der Waals surface area contributed by atoms with Gasteiger partial charge in [-0.3, -0.25) is 4.79 Å². The molecule has 0 aliphatic rings. The van der Waals surface area contributed by atoms with Gasteiger partial charge < -0.3 is 18.8 Å². The Bertz CT molecular complexity index is 998. The van der Waals surface area contributed by atoms with Crippen LogP contribution in [0.1, 0.15) is 17.3 Å². The number of benzene rings is 2. The molecule has 0 spiro atoms. The molecule has 0 aliphatic heterocycles. The fourth-order valence-corrected chi connectivity index (χ4v) is 3.73. The largest absolute Gasteiger partial charge is 0.496 e. The van der Waals surface area contributed by atoms with Gasteiger partial charge >= 0.3 is 0 Å². The fraction of sp³-hybridized carbons (Fsp3) is 0.263. The van der Waals surface area contributed by atoms with E-state index in [0.717, 1.165) is 16.0 Å². The number of rotatable bonds is 5. The standard InChI is InChI=1S/C19H20N2O4S/c1-5-25-12-9-10-13-16(11-12)26-19(21(13)2)20-18(22)17-14(23-3)7-6-8-15(17)24-4/h6-11H,5H2,1-4H3. The van der Waals surface area contributed by atoms with Crippen LogP contribution in [0.2, 0.25) is 0 Å². The van der Waals surface area contributed by atoms with Gasteiger partial charge in [0.05, 0.1) is 31.0 Å². The number of hydrogen-bond donors (Lipinski definition) is 0. The minimum Gasteiger partial charge on any atom is -0.496 e. The minimum atomic E-state index is -0.411. The Morgan fingerprint density at radius 2 is 1.85 bits per heavy atom. The van der Waals surface area contributed by atoms with Crippen LogP contribution in [0.4, 0.5) is 0 Å². The number of carbonyl (C=O) groups excluding carboxylic acids is 1. The number of nitrogens with zero attached hydrogens (tertiary/aromatic N) is 2. The number of aryl methyl sites for hydroxylation is 1. The third-order valence-electron chi connectivity index (χ3n) is 3.93. The first kappa shape index (κ1) is 18.0. The molecule has 3 rings (SSSR count). The number of carbonyl (C=O) groups is 1. The number of aromatic nitrogens is 1. The number of amides is 1. The van der Waals surface area contributed by atoms with Crippen molar-refractivity contribution in [1.29, 1.82) is 0 Å². The van der Waals surface area contributed by atoms with E-state index in [1.165, 1.54) is 25.6 Å². The second-order valence-corrected chi connectivity index (χ2v) is 6.47. The van der Waals surface area contributed by atoms with Crippen LogP contribution in [0, 0.1) is 0 Å². The fourth-order valence-electron chi connectivity index (χ4n) is 2.68. The van der Waals surface area contributed by atoms with Crippen molar-refractivity contribution >= 4 is 27.5 Å². The van der Waals surface area contributed by atoms with Gasteiger partial charge in [-0.1, -0.05) is 17.4 Å². The molecule has 0 N–H and O–H groups in total. The molecule has 0 unspecified atom stereocenters. The molecule has 7 heteroatoms. The van der Waals surface area contributed by atoms with Crippen molar-refractivity contribution in [3.63, 3.8) is 0 Å². The highest BCUT2D eigenvalue weighted by Gasteiger charge is 2.18. The Balaban J connectivity index is 2.10. The molecule has 0 fully saturated rings. The predicted molar refractivity (Wildman–Crippen MR) is 101 cm³/mol. The van der Waals surface area contributed by atoms with E-state index < -0.39 is 5.91 Å². The van der Waals surface area contributed by atoms with Gasteiger partial charge in [0.15, 0.2) is 4.80 Å². The Labute approximate surface area is 155 Å². The van der Waals surface area contributed by atoms with E-state index in [-0.39, 0.29) is 0 Å². The van der Waals surface area contributed by atoms with Crippen molar-refractivity contribution in [2.75, 3.05) is 20.8 Å². The molecule has 1 heterocycles. The van der Waals surface area contributed by atoms with Crippen LogP contribution in [0.15, 0.2) is 41.4 Å². The molecule has 1 aromatic heterocycles. The van der Waals surface area contributed by atoms with E-state index >= 15 is 0 Å². The van der Waals surface area contributed by atoms with Crippen LogP contribution < -0.4 is 19.0 Å². The summed E-state index contributed by atoms with van der Waals surface area (Å²) in [6.45, 7) is 2.55. The van der Waals surface area contributed by atoms with E-state index in [0.29, 0.717) is 28.5 Å². The van der Waals surface area contributed by atoms with Crippen molar-refractivity contribution in [3.05, 3.63) is 46.8 Å². The summed E-state index contributed by atoms with van der Waals surface area (Å²) in [6, 6.07) is 11.0. The first-order chi connectivity index (χ1) is 12.6. The summed E-state index contributed by atoms with van der Waals surface area (Å²) in [5, 5.41) is 0. The van der Waals surface area contributed by atoms with Crippen LogP contribution >= 0.6 is 11.3 Å². The summed E-state index contributed by atoms with van der Waals surface area (Å²) in [4.78, 5) is 17.7. The van der Waals surface area contributed by atoms with Crippen LogP contribution in [0.3, 0.4) is 0 Å². The molecular weight excluding hydrogens is 352 g/mol. The molecule has 0 saturated carbocycles. The highest BCUT2D eigenvalue weighted by molar-refractivity contribution is 7.16. The van der Waals surface area contributed by atoms with Crippen LogP contribution in [0.5, 0.6) is 17.2 Å². The Hall–Kier alpha value is -2.80. The third-order valence-corrected chi connectivity index (χ3v) is 5.03. The molecule has 0 saturated heterocycles.